The van der Waals surface area contributed by atoms with E-state index in [1.165, 1.54) is 33.6 Å². The van der Waals surface area contributed by atoms with Crippen molar-refractivity contribution in [3.63, 3.8) is 0 Å². The number of carbonyl (C=O) groups excluding carboxylic acids is 2. The third-order valence-electron chi connectivity index (χ3n) is 4.90. The number of fused-ring (bicyclic) bond motifs is 1. The zero-order valence-electron chi connectivity index (χ0n) is 15.7. The quantitative estimate of drug-likeness (QED) is 0.633. The van der Waals surface area contributed by atoms with Gasteiger partial charge in [0.15, 0.2) is 0 Å². The Balaban J connectivity index is 1.46. The molecule has 1 fully saturated rings. The van der Waals surface area contributed by atoms with Crippen LogP contribution in [0.5, 0.6) is 0 Å². The SMILES string of the molecule is Cc1cccn2c(=O)cc(COC(=O)[C@H]3CC(=O)N(c4ccccc4F)C3)nc12. The molecule has 0 spiro atoms. The van der Waals surface area contributed by atoms with Crippen molar-refractivity contribution in [2.45, 2.75) is 20.0 Å². The van der Waals surface area contributed by atoms with Crippen molar-refractivity contribution < 1.29 is 18.7 Å². The highest BCUT2D eigenvalue weighted by atomic mass is 19.1. The number of nitrogens with zero attached hydrogens (tertiary/aromatic N) is 3. The smallest absolute Gasteiger partial charge is 0.311 e. The minimum Gasteiger partial charge on any atom is -0.459 e. The maximum absolute atomic E-state index is 14.0. The van der Waals surface area contributed by atoms with E-state index in [4.69, 9.17) is 4.74 Å². The highest BCUT2D eigenvalue weighted by Crippen LogP contribution is 2.28. The Kier molecular flexibility index (Phi) is 4.84. The van der Waals surface area contributed by atoms with Gasteiger partial charge in [-0.1, -0.05) is 18.2 Å². The average Bonchev–Trinajstić information content (AvgIpc) is 3.09. The minimum atomic E-state index is -0.703. The average molecular weight is 395 g/mol. The van der Waals surface area contributed by atoms with E-state index >= 15 is 0 Å². The number of ether oxygens (including phenoxy) is 1. The van der Waals surface area contributed by atoms with Crippen LogP contribution in [-0.4, -0.2) is 27.8 Å². The number of rotatable bonds is 4. The molecule has 8 heteroatoms. The fourth-order valence-electron chi connectivity index (χ4n) is 3.41. The maximum Gasteiger partial charge on any atom is 0.311 e. The summed E-state index contributed by atoms with van der Waals surface area (Å²) in [7, 11) is 0. The number of aryl methyl sites for hydroxylation is 1. The van der Waals surface area contributed by atoms with Crippen LogP contribution in [0.3, 0.4) is 0 Å². The molecule has 1 aliphatic heterocycles. The Morgan fingerprint density at radius 2 is 2.03 bits per heavy atom. The fourth-order valence-corrected chi connectivity index (χ4v) is 3.41. The van der Waals surface area contributed by atoms with Crippen LogP contribution in [0.2, 0.25) is 0 Å². The van der Waals surface area contributed by atoms with Crippen LogP contribution < -0.4 is 10.5 Å². The van der Waals surface area contributed by atoms with Gasteiger partial charge >= 0.3 is 5.97 Å². The summed E-state index contributed by atoms with van der Waals surface area (Å²) in [6.45, 7) is 1.70. The summed E-state index contributed by atoms with van der Waals surface area (Å²) in [4.78, 5) is 42.5. The molecule has 4 rings (SSSR count). The molecular formula is C21H18FN3O4. The lowest BCUT2D eigenvalue weighted by Gasteiger charge is -2.17. The topological polar surface area (TPSA) is 81.0 Å². The van der Waals surface area contributed by atoms with Crippen molar-refractivity contribution in [2.75, 3.05) is 11.4 Å². The van der Waals surface area contributed by atoms with E-state index < -0.39 is 17.7 Å². The van der Waals surface area contributed by atoms with Gasteiger partial charge < -0.3 is 9.64 Å². The molecule has 7 nitrogen and oxygen atoms in total. The lowest BCUT2D eigenvalue weighted by atomic mass is 10.1. The summed E-state index contributed by atoms with van der Waals surface area (Å²) in [5.74, 6) is -2.14. The van der Waals surface area contributed by atoms with Gasteiger partial charge in [-0.2, -0.15) is 0 Å². The van der Waals surface area contributed by atoms with Crippen LogP contribution in [0.25, 0.3) is 5.65 Å². The number of carbonyl (C=O) groups is 2. The Bertz CT molecular complexity index is 1170. The first kappa shape index (κ1) is 18.8. The number of benzene rings is 1. The molecule has 1 amide bonds. The van der Waals surface area contributed by atoms with Crippen LogP contribution in [-0.2, 0) is 20.9 Å². The van der Waals surface area contributed by atoms with Crippen molar-refractivity contribution in [1.29, 1.82) is 0 Å². The number of para-hydroxylation sites is 1. The van der Waals surface area contributed by atoms with Crippen LogP contribution in [0, 0.1) is 18.7 Å². The number of hydrogen-bond acceptors (Lipinski definition) is 5. The highest BCUT2D eigenvalue weighted by Gasteiger charge is 2.37. The summed E-state index contributed by atoms with van der Waals surface area (Å²) in [6, 6.07) is 10.8. The predicted molar refractivity (Wildman–Crippen MR) is 103 cm³/mol. The van der Waals surface area contributed by atoms with E-state index in [2.05, 4.69) is 4.98 Å². The Labute approximate surface area is 165 Å². The van der Waals surface area contributed by atoms with Gasteiger partial charge in [0.1, 0.15) is 18.1 Å². The molecule has 148 valence electrons. The molecule has 1 atom stereocenters. The van der Waals surface area contributed by atoms with Gasteiger partial charge in [0, 0.05) is 25.2 Å². The number of amides is 1. The molecule has 0 radical (unpaired) electrons. The second-order valence-corrected chi connectivity index (χ2v) is 6.94. The lowest BCUT2D eigenvalue weighted by Crippen LogP contribution is -2.27. The number of halogens is 1. The van der Waals surface area contributed by atoms with E-state index in [0.717, 1.165) is 5.56 Å². The molecule has 1 aliphatic rings. The van der Waals surface area contributed by atoms with E-state index in [9.17, 15) is 18.8 Å². The van der Waals surface area contributed by atoms with E-state index in [-0.39, 0.29) is 36.7 Å². The Hall–Kier alpha value is -3.55. The van der Waals surface area contributed by atoms with Gasteiger partial charge in [0.2, 0.25) is 5.91 Å². The van der Waals surface area contributed by atoms with E-state index in [1.807, 2.05) is 13.0 Å². The summed E-state index contributed by atoms with van der Waals surface area (Å²) >= 11 is 0. The summed E-state index contributed by atoms with van der Waals surface area (Å²) in [5.41, 5.74) is 1.51. The molecular weight excluding hydrogens is 377 g/mol. The summed E-state index contributed by atoms with van der Waals surface area (Å²) in [5, 5.41) is 0. The van der Waals surface area contributed by atoms with Crippen molar-refractivity contribution in [3.8, 4) is 0 Å². The van der Waals surface area contributed by atoms with Gasteiger partial charge in [-0.25, -0.2) is 9.37 Å². The summed E-state index contributed by atoms with van der Waals surface area (Å²) in [6.07, 6.45) is 1.56. The molecule has 3 aromatic rings. The molecule has 3 heterocycles. The minimum absolute atomic E-state index is 0.0471. The zero-order chi connectivity index (χ0) is 20.5. The predicted octanol–water partition coefficient (Wildman–Crippen LogP) is 2.24. The number of pyridine rings is 1. The first-order valence-electron chi connectivity index (χ1n) is 9.13. The molecule has 29 heavy (non-hydrogen) atoms. The molecule has 0 bridgehead atoms. The first-order valence-corrected chi connectivity index (χ1v) is 9.13. The Morgan fingerprint density at radius 3 is 2.83 bits per heavy atom. The lowest BCUT2D eigenvalue weighted by molar-refractivity contribution is -0.149. The van der Waals surface area contributed by atoms with E-state index in [0.29, 0.717) is 11.3 Å². The van der Waals surface area contributed by atoms with Crippen molar-refractivity contribution in [1.82, 2.24) is 9.38 Å². The number of anilines is 1. The fraction of sp³-hybridized carbons (Fsp3) is 0.238. The third kappa shape index (κ3) is 3.61. The first-order chi connectivity index (χ1) is 13.9. The molecule has 1 saturated heterocycles. The monoisotopic (exact) mass is 395 g/mol. The highest BCUT2D eigenvalue weighted by molar-refractivity contribution is 5.99. The van der Waals surface area contributed by atoms with Gasteiger partial charge in [-0.05, 0) is 30.7 Å². The zero-order valence-corrected chi connectivity index (χ0v) is 15.7. The molecule has 0 unspecified atom stereocenters. The van der Waals surface area contributed by atoms with Crippen LogP contribution >= 0.6 is 0 Å². The van der Waals surface area contributed by atoms with Crippen LogP contribution in [0.4, 0.5) is 10.1 Å². The van der Waals surface area contributed by atoms with Crippen molar-refractivity contribution in [2.24, 2.45) is 5.92 Å². The normalized spacial score (nSPS) is 16.4. The van der Waals surface area contributed by atoms with E-state index in [1.54, 1.807) is 18.3 Å². The number of aromatic nitrogens is 2. The Morgan fingerprint density at radius 1 is 1.24 bits per heavy atom. The van der Waals surface area contributed by atoms with Crippen molar-refractivity contribution >= 4 is 23.2 Å². The van der Waals surface area contributed by atoms with Crippen LogP contribution in [0.15, 0.2) is 53.5 Å². The summed E-state index contributed by atoms with van der Waals surface area (Å²) < 4.78 is 20.7. The second-order valence-electron chi connectivity index (χ2n) is 6.94. The maximum atomic E-state index is 14.0. The molecule has 1 aromatic carbocycles. The molecule has 0 aliphatic carbocycles. The molecule has 0 saturated carbocycles. The van der Waals surface area contributed by atoms with Crippen molar-refractivity contribution in [3.05, 3.63) is 76.1 Å². The molecule has 2 aromatic heterocycles. The van der Waals surface area contributed by atoms with Gasteiger partial charge in [-0.15, -0.1) is 0 Å². The van der Waals surface area contributed by atoms with Crippen LogP contribution in [0.1, 0.15) is 17.7 Å². The molecule has 0 N–H and O–H groups in total. The third-order valence-corrected chi connectivity index (χ3v) is 4.90. The second kappa shape index (κ2) is 7.46. The largest absolute Gasteiger partial charge is 0.459 e. The number of hydrogen-bond donors (Lipinski definition) is 0. The van der Waals surface area contributed by atoms with Gasteiger partial charge in [-0.3, -0.25) is 18.8 Å². The van der Waals surface area contributed by atoms with Gasteiger partial charge in [0.05, 0.1) is 17.3 Å². The number of esters is 1. The standard InChI is InChI=1S/C21H18FN3O4/c1-13-5-4-8-24-19(27)10-15(23-20(13)24)12-29-21(28)14-9-18(26)25(11-14)17-7-3-2-6-16(17)22/h2-8,10,14H,9,11-12H2,1H3/t14-/m0/s1. The van der Waals surface area contributed by atoms with Gasteiger partial charge in [0.25, 0.3) is 5.56 Å².